The van der Waals surface area contributed by atoms with Crippen LogP contribution < -0.4 is 0 Å². The first-order valence-electron chi connectivity index (χ1n) is 5.10. The summed E-state index contributed by atoms with van der Waals surface area (Å²) in [5.41, 5.74) is 2.45. The Morgan fingerprint density at radius 3 is 1.64 bits per heavy atom. The van der Waals surface area contributed by atoms with Crippen molar-refractivity contribution in [1.82, 2.24) is 0 Å². The predicted octanol–water partition coefficient (Wildman–Crippen LogP) is 2.76. The van der Waals surface area contributed by atoms with Gasteiger partial charge >= 0.3 is 0 Å². The number of ether oxygens (including phenoxy) is 2. The molecular weight excluding hydrogens is 176 g/mol. The largest absolute Gasteiger partial charge is 0.377 e. The lowest BCUT2D eigenvalue weighted by Gasteiger charge is -2.08. The molecule has 0 bridgehead atoms. The molecule has 0 N–H and O–H groups in total. The Balaban J connectivity index is 2.60. The van der Waals surface area contributed by atoms with Crippen molar-refractivity contribution in [2.75, 3.05) is 13.2 Å². The summed E-state index contributed by atoms with van der Waals surface area (Å²) < 4.78 is 10.8. The molecule has 0 aliphatic heterocycles. The third-order valence-electron chi connectivity index (χ3n) is 2.04. The van der Waals surface area contributed by atoms with Gasteiger partial charge in [0.1, 0.15) is 0 Å². The van der Waals surface area contributed by atoms with Crippen LogP contribution >= 0.6 is 0 Å². The second kappa shape index (κ2) is 6.57. The molecule has 2 heteroatoms. The Kier molecular flexibility index (Phi) is 5.27. The molecule has 0 aliphatic carbocycles. The molecule has 0 saturated heterocycles. The van der Waals surface area contributed by atoms with E-state index in [1.165, 1.54) is 11.1 Å². The van der Waals surface area contributed by atoms with Crippen molar-refractivity contribution in [3.8, 4) is 0 Å². The third-order valence-corrected chi connectivity index (χ3v) is 2.04. The molecule has 0 unspecified atom stereocenters. The Bertz CT molecular complexity index is 231. The van der Waals surface area contributed by atoms with E-state index < -0.39 is 0 Å². The van der Waals surface area contributed by atoms with Gasteiger partial charge in [0.05, 0.1) is 13.2 Å². The van der Waals surface area contributed by atoms with Crippen LogP contribution in [0.4, 0.5) is 0 Å². The van der Waals surface area contributed by atoms with Crippen molar-refractivity contribution >= 4 is 0 Å². The average molecular weight is 194 g/mol. The number of hydrogen-bond donors (Lipinski definition) is 0. The molecule has 0 atom stereocenters. The summed E-state index contributed by atoms with van der Waals surface area (Å²) >= 11 is 0. The summed E-state index contributed by atoms with van der Waals surface area (Å²) in [6, 6.07) is 8.24. The molecule has 1 aromatic carbocycles. The molecule has 0 spiro atoms. The van der Waals surface area contributed by atoms with E-state index in [4.69, 9.17) is 9.47 Å². The van der Waals surface area contributed by atoms with Crippen LogP contribution in [0.15, 0.2) is 24.3 Å². The molecule has 1 rings (SSSR count). The molecule has 0 aliphatic rings. The fourth-order valence-corrected chi connectivity index (χ4v) is 1.26. The summed E-state index contributed by atoms with van der Waals surface area (Å²) in [6.45, 7) is 6.88. The SMILES string of the molecule is CCOCc1ccccc1COCC. The highest BCUT2D eigenvalue weighted by molar-refractivity contribution is 5.25. The fraction of sp³-hybridized carbons (Fsp3) is 0.500. The minimum atomic E-state index is 0.680. The molecule has 0 fully saturated rings. The Morgan fingerprint density at radius 1 is 0.857 bits per heavy atom. The van der Waals surface area contributed by atoms with Crippen molar-refractivity contribution < 1.29 is 9.47 Å². The van der Waals surface area contributed by atoms with E-state index in [1.807, 2.05) is 26.0 Å². The first-order valence-corrected chi connectivity index (χ1v) is 5.10. The van der Waals surface area contributed by atoms with Gasteiger partial charge in [-0.05, 0) is 25.0 Å². The quantitative estimate of drug-likeness (QED) is 0.693. The van der Waals surface area contributed by atoms with Crippen LogP contribution in [0.2, 0.25) is 0 Å². The topological polar surface area (TPSA) is 18.5 Å². The Hall–Kier alpha value is -0.860. The van der Waals surface area contributed by atoms with Gasteiger partial charge in [-0.25, -0.2) is 0 Å². The molecule has 1 aromatic rings. The van der Waals surface area contributed by atoms with E-state index >= 15 is 0 Å². The lowest BCUT2D eigenvalue weighted by Crippen LogP contribution is -2.00. The van der Waals surface area contributed by atoms with Crippen LogP contribution in [-0.4, -0.2) is 13.2 Å². The summed E-state index contributed by atoms with van der Waals surface area (Å²) in [7, 11) is 0. The summed E-state index contributed by atoms with van der Waals surface area (Å²) in [6.07, 6.45) is 0. The maximum atomic E-state index is 5.38. The van der Waals surface area contributed by atoms with Gasteiger partial charge in [0.2, 0.25) is 0 Å². The molecule has 0 radical (unpaired) electrons. The summed E-state index contributed by atoms with van der Waals surface area (Å²) in [5, 5.41) is 0. The van der Waals surface area contributed by atoms with Gasteiger partial charge in [-0.3, -0.25) is 0 Å². The molecule has 0 aromatic heterocycles. The summed E-state index contributed by atoms with van der Waals surface area (Å²) in [5.74, 6) is 0. The zero-order chi connectivity index (χ0) is 10.2. The minimum absolute atomic E-state index is 0.680. The maximum absolute atomic E-state index is 5.38. The zero-order valence-electron chi connectivity index (χ0n) is 8.95. The van der Waals surface area contributed by atoms with Crippen molar-refractivity contribution in [2.45, 2.75) is 27.1 Å². The molecule has 0 amide bonds. The summed E-state index contributed by atoms with van der Waals surface area (Å²) in [4.78, 5) is 0. The van der Waals surface area contributed by atoms with Crippen molar-refractivity contribution in [3.05, 3.63) is 35.4 Å². The highest BCUT2D eigenvalue weighted by atomic mass is 16.5. The highest BCUT2D eigenvalue weighted by Gasteiger charge is 2.00. The second-order valence-electron chi connectivity index (χ2n) is 3.04. The standard InChI is InChI=1S/C12H18O2/c1-3-13-9-11-7-5-6-8-12(11)10-14-4-2/h5-8H,3-4,9-10H2,1-2H3. The van der Waals surface area contributed by atoms with Gasteiger partial charge < -0.3 is 9.47 Å². The van der Waals surface area contributed by atoms with E-state index in [9.17, 15) is 0 Å². The smallest absolute Gasteiger partial charge is 0.0720 e. The normalized spacial score (nSPS) is 10.4. The van der Waals surface area contributed by atoms with E-state index in [0.717, 1.165) is 13.2 Å². The van der Waals surface area contributed by atoms with Gasteiger partial charge in [0, 0.05) is 13.2 Å². The molecule has 0 heterocycles. The van der Waals surface area contributed by atoms with Crippen molar-refractivity contribution in [2.24, 2.45) is 0 Å². The lowest BCUT2D eigenvalue weighted by molar-refractivity contribution is 0.119. The van der Waals surface area contributed by atoms with Crippen LogP contribution in [0.3, 0.4) is 0 Å². The number of hydrogen-bond acceptors (Lipinski definition) is 2. The van der Waals surface area contributed by atoms with Gasteiger partial charge in [0.15, 0.2) is 0 Å². The monoisotopic (exact) mass is 194 g/mol. The van der Waals surface area contributed by atoms with Crippen LogP contribution in [0.25, 0.3) is 0 Å². The van der Waals surface area contributed by atoms with Crippen molar-refractivity contribution in [3.63, 3.8) is 0 Å². The number of benzene rings is 1. The van der Waals surface area contributed by atoms with Crippen LogP contribution in [0.1, 0.15) is 25.0 Å². The molecule has 14 heavy (non-hydrogen) atoms. The second-order valence-corrected chi connectivity index (χ2v) is 3.04. The Labute approximate surface area is 85.8 Å². The Morgan fingerprint density at radius 2 is 1.29 bits per heavy atom. The minimum Gasteiger partial charge on any atom is -0.377 e. The van der Waals surface area contributed by atoms with Crippen molar-refractivity contribution in [1.29, 1.82) is 0 Å². The predicted molar refractivity (Wildman–Crippen MR) is 57.1 cm³/mol. The molecule has 78 valence electrons. The van der Waals surface area contributed by atoms with Crippen LogP contribution in [0, 0.1) is 0 Å². The fourth-order valence-electron chi connectivity index (χ4n) is 1.26. The van der Waals surface area contributed by atoms with E-state index in [0.29, 0.717) is 13.2 Å². The first kappa shape index (κ1) is 11.2. The third kappa shape index (κ3) is 3.48. The first-order chi connectivity index (χ1) is 6.88. The van der Waals surface area contributed by atoms with Gasteiger partial charge in [-0.15, -0.1) is 0 Å². The molecular formula is C12H18O2. The maximum Gasteiger partial charge on any atom is 0.0720 e. The van der Waals surface area contributed by atoms with Gasteiger partial charge in [-0.2, -0.15) is 0 Å². The van der Waals surface area contributed by atoms with Crippen LogP contribution in [0.5, 0.6) is 0 Å². The van der Waals surface area contributed by atoms with E-state index in [2.05, 4.69) is 12.1 Å². The molecule has 2 nitrogen and oxygen atoms in total. The molecule has 0 saturated carbocycles. The lowest BCUT2D eigenvalue weighted by atomic mass is 10.1. The van der Waals surface area contributed by atoms with E-state index in [1.54, 1.807) is 0 Å². The van der Waals surface area contributed by atoms with Gasteiger partial charge in [0.25, 0.3) is 0 Å². The average Bonchev–Trinajstić information content (AvgIpc) is 2.24. The highest BCUT2D eigenvalue weighted by Crippen LogP contribution is 2.11. The zero-order valence-corrected chi connectivity index (χ0v) is 8.95. The van der Waals surface area contributed by atoms with Crippen LogP contribution in [-0.2, 0) is 22.7 Å². The van der Waals surface area contributed by atoms with E-state index in [-0.39, 0.29) is 0 Å². The van der Waals surface area contributed by atoms with Gasteiger partial charge in [-0.1, -0.05) is 24.3 Å². The number of rotatable bonds is 6.